The molecular weight excluding hydrogens is 378 g/mol. The number of guanidine groups is 1. The molecule has 0 spiro atoms. The molecule has 2 aromatic carbocycles. The second-order valence-electron chi connectivity index (χ2n) is 5.85. The molecule has 0 unspecified atom stereocenters. The fraction of sp³-hybridized carbons (Fsp3) is 0.150. The number of nitrogens with one attached hydrogen (secondary N) is 3. The first-order chi connectivity index (χ1) is 13.7. The van der Waals surface area contributed by atoms with E-state index < -0.39 is 0 Å². The van der Waals surface area contributed by atoms with Gasteiger partial charge in [-0.1, -0.05) is 29.8 Å². The van der Waals surface area contributed by atoms with Crippen LogP contribution in [0.25, 0.3) is 0 Å². The average Bonchev–Trinajstić information content (AvgIpc) is 3.22. The minimum Gasteiger partial charge on any atom is -0.495 e. The number of carbonyl (C=O) groups excluding carboxylic acids is 1. The third-order valence-electron chi connectivity index (χ3n) is 3.88. The summed E-state index contributed by atoms with van der Waals surface area (Å²) in [6.07, 6.45) is 4.02. The Balaban J connectivity index is 1.77. The maximum Gasteiger partial charge on any atom is 0.258 e. The molecule has 8 heteroatoms. The maximum atomic E-state index is 12.6. The Morgan fingerprint density at radius 1 is 1.25 bits per heavy atom. The van der Waals surface area contributed by atoms with Crippen LogP contribution < -0.4 is 15.4 Å². The van der Waals surface area contributed by atoms with Gasteiger partial charge in [0, 0.05) is 35.4 Å². The number of ether oxygens (including phenoxy) is 1. The van der Waals surface area contributed by atoms with Gasteiger partial charge in [0.2, 0.25) is 5.96 Å². The molecule has 3 rings (SSSR count). The molecular formula is C20H20ClN5O2. The number of imidazole rings is 1. The molecule has 0 aliphatic carbocycles. The van der Waals surface area contributed by atoms with Crippen molar-refractivity contribution >= 4 is 29.2 Å². The fourth-order valence-electron chi connectivity index (χ4n) is 2.50. The van der Waals surface area contributed by atoms with Crippen LogP contribution in [0.4, 0.5) is 5.69 Å². The highest BCUT2D eigenvalue weighted by atomic mass is 35.5. The van der Waals surface area contributed by atoms with Gasteiger partial charge >= 0.3 is 0 Å². The van der Waals surface area contributed by atoms with Crippen molar-refractivity contribution in [1.29, 1.82) is 0 Å². The fourth-order valence-corrected chi connectivity index (χ4v) is 2.70. The van der Waals surface area contributed by atoms with E-state index in [4.69, 9.17) is 16.3 Å². The minimum absolute atomic E-state index is 0.314. The Kier molecular flexibility index (Phi) is 6.64. The van der Waals surface area contributed by atoms with Crippen LogP contribution in [0.5, 0.6) is 5.75 Å². The zero-order chi connectivity index (χ0) is 19.8. The predicted molar refractivity (Wildman–Crippen MR) is 110 cm³/mol. The Morgan fingerprint density at radius 2 is 2.11 bits per heavy atom. The summed E-state index contributed by atoms with van der Waals surface area (Å²) >= 11 is 5.98. The van der Waals surface area contributed by atoms with Crippen molar-refractivity contribution in [2.75, 3.05) is 19.0 Å². The number of hydrogen-bond donors (Lipinski definition) is 3. The zero-order valence-corrected chi connectivity index (χ0v) is 16.0. The number of aromatic nitrogens is 2. The van der Waals surface area contributed by atoms with Crippen molar-refractivity contribution in [1.82, 2.24) is 15.3 Å². The molecule has 1 amide bonds. The molecule has 0 saturated carbocycles. The van der Waals surface area contributed by atoms with Crippen LogP contribution in [0.2, 0.25) is 5.02 Å². The minimum atomic E-state index is -0.315. The molecule has 1 heterocycles. The largest absolute Gasteiger partial charge is 0.495 e. The Morgan fingerprint density at radius 3 is 2.86 bits per heavy atom. The number of benzene rings is 2. The van der Waals surface area contributed by atoms with Crippen LogP contribution in [0, 0.1) is 0 Å². The Bertz CT molecular complexity index is 957. The maximum absolute atomic E-state index is 12.6. The van der Waals surface area contributed by atoms with Gasteiger partial charge in [-0.25, -0.2) is 4.98 Å². The van der Waals surface area contributed by atoms with Crippen LogP contribution in [-0.2, 0) is 6.42 Å². The van der Waals surface area contributed by atoms with Gasteiger partial charge in [0.15, 0.2) is 0 Å². The van der Waals surface area contributed by atoms with E-state index in [0.29, 0.717) is 40.9 Å². The monoisotopic (exact) mass is 397 g/mol. The van der Waals surface area contributed by atoms with Gasteiger partial charge in [0.05, 0.1) is 19.1 Å². The molecule has 0 aliphatic rings. The van der Waals surface area contributed by atoms with Crippen molar-refractivity contribution in [2.45, 2.75) is 6.42 Å². The van der Waals surface area contributed by atoms with E-state index in [1.54, 1.807) is 43.9 Å². The quantitative estimate of drug-likeness (QED) is 0.438. The van der Waals surface area contributed by atoms with Gasteiger partial charge in [0.25, 0.3) is 5.91 Å². The second-order valence-corrected chi connectivity index (χ2v) is 6.28. The number of amides is 1. The number of aromatic amines is 1. The number of aliphatic imine (C=N–C) groups is 1. The standard InChI is InChI=1S/C20H20ClN5O2/c1-28-18-8-3-2-7-17(18)25-20(23-10-9-16-12-22-13-24-16)26-19(27)14-5-4-6-15(21)11-14/h2-8,11-13H,9-10H2,1H3,(H,22,24)(H2,23,25,26,27). The molecule has 0 saturated heterocycles. The van der Waals surface area contributed by atoms with E-state index in [1.807, 2.05) is 24.3 Å². The summed E-state index contributed by atoms with van der Waals surface area (Å²) in [6.45, 7) is 0.454. The summed E-state index contributed by atoms with van der Waals surface area (Å²) in [7, 11) is 1.58. The van der Waals surface area contributed by atoms with Gasteiger partial charge < -0.3 is 15.0 Å². The van der Waals surface area contributed by atoms with E-state index in [2.05, 4.69) is 25.6 Å². The van der Waals surface area contributed by atoms with Crippen LogP contribution in [0.1, 0.15) is 16.1 Å². The normalized spacial score (nSPS) is 11.1. The molecule has 144 valence electrons. The molecule has 0 atom stereocenters. The van der Waals surface area contributed by atoms with E-state index >= 15 is 0 Å². The number of carbonyl (C=O) groups is 1. The Hall–Kier alpha value is -3.32. The zero-order valence-electron chi connectivity index (χ0n) is 15.3. The molecule has 3 N–H and O–H groups in total. The van der Waals surface area contributed by atoms with Crippen molar-refractivity contribution < 1.29 is 9.53 Å². The Labute approximate surface area is 167 Å². The number of H-pyrrole nitrogens is 1. The molecule has 0 fully saturated rings. The molecule has 0 aliphatic heterocycles. The third kappa shape index (κ3) is 5.34. The summed E-state index contributed by atoms with van der Waals surface area (Å²) in [5.41, 5.74) is 2.09. The average molecular weight is 398 g/mol. The highest BCUT2D eigenvalue weighted by molar-refractivity contribution is 6.31. The van der Waals surface area contributed by atoms with Gasteiger partial charge in [-0.15, -0.1) is 0 Å². The molecule has 28 heavy (non-hydrogen) atoms. The van der Waals surface area contributed by atoms with Gasteiger partial charge in [-0.05, 0) is 30.3 Å². The van der Waals surface area contributed by atoms with E-state index in [-0.39, 0.29) is 5.91 Å². The molecule has 7 nitrogen and oxygen atoms in total. The lowest BCUT2D eigenvalue weighted by Gasteiger charge is -2.14. The number of methoxy groups -OCH3 is 1. The lowest BCUT2D eigenvalue weighted by Crippen LogP contribution is -2.36. The number of hydrogen-bond acceptors (Lipinski definition) is 4. The molecule has 3 aromatic rings. The highest BCUT2D eigenvalue weighted by Gasteiger charge is 2.11. The predicted octanol–water partition coefficient (Wildman–Crippen LogP) is 3.51. The third-order valence-corrected chi connectivity index (χ3v) is 4.12. The first-order valence-corrected chi connectivity index (χ1v) is 9.02. The molecule has 1 aromatic heterocycles. The van der Waals surface area contributed by atoms with Crippen molar-refractivity contribution in [2.24, 2.45) is 4.99 Å². The van der Waals surface area contributed by atoms with Crippen molar-refractivity contribution in [3.05, 3.63) is 77.3 Å². The molecule has 0 radical (unpaired) electrons. The smallest absolute Gasteiger partial charge is 0.258 e. The van der Waals surface area contributed by atoms with Crippen molar-refractivity contribution in [3.8, 4) is 5.75 Å². The van der Waals surface area contributed by atoms with Gasteiger partial charge in [-0.3, -0.25) is 15.1 Å². The van der Waals surface area contributed by atoms with Gasteiger partial charge in [-0.2, -0.15) is 0 Å². The highest BCUT2D eigenvalue weighted by Crippen LogP contribution is 2.22. The number of rotatable bonds is 6. The summed E-state index contributed by atoms with van der Waals surface area (Å²) < 4.78 is 5.35. The number of para-hydroxylation sites is 2. The van der Waals surface area contributed by atoms with Crippen LogP contribution in [0.3, 0.4) is 0 Å². The molecule has 0 bridgehead atoms. The number of anilines is 1. The topological polar surface area (TPSA) is 91.4 Å². The lowest BCUT2D eigenvalue weighted by molar-refractivity contribution is 0.0977. The first-order valence-electron chi connectivity index (χ1n) is 8.64. The second kappa shape index (κ2) is 9.57. The van der Waals surface area contributed by atoms with Gasteiger partial charge in [0.1, 0.15) is 5.75 Å². The van der Waals surface area contributed by atoms with Crippen LogP contribution >= 0.6 is 11.6 Å². The van der Waals surface area contributed by atoms with E-state index in [9.17, 15) is 4.79 Å². The summed E-state index contributed by atoms with van der Waals surface area (Å²) in [6, 6.07) is 14.1. The summed E-state index contributed by atoms with van der Waals surface area (Å²) in [5, 5.41) is 6.42. The SMILES string of the molecule is COc1ccccc1NC(=NCCc1cnc[nH]1)NC(=O)c1cccc(Cl)c1. The van der Waals surface area contributed by atoms with Crippen LogP contribution in [-0.4, -0.2) is 35.5 Å². The van der Waals surface area contributed by atoms with E-state index in [0.717, 1.165) is 5.69 Å². The summed E-state index contributed by atoms with van der Waals surface area (Å²) in [4.78, 5) is 24.1. The lowest BCUT2D eigenvalue weighted by atomic mass is 10.2. The van der Waals surface area contributed by atoms with E-state index in [1.165, 1.54) is 0 Å². The first kappa shape index (κ1) is 19.4. The number of halogens is 1. The number of nitrogens with zero attached hydrogens (tertiary/aromatic N) is 2. The van der Waals surface area contributed by atoms with Crippen molar-refractivity contribution in [3.63, 3.8) is 0 Å². The summed E-state index contributed by atoms with van der Waals surface area (Å²) in [5.74, 6) is 0.639. The van der Waals surface area contributed by atoms with Crippen LogP contribution in [0.15, 0.2) is 66.0 Å².